The molecule has 1 aromatic carbocycles. The maximum atomic E-state index is 13.1. The number of hydrogen-bond acceptors (Lipinski definition) is 6. The van der Waals surface area contributed by atoms with Crippen LogP contribution in [0, 0.1) is 5.92 Å². The smallest absolute Gasteiger partial charge is 0.239 e. The Labute approximate surface area is 181 Å². The molecule has 0 saturated carbocycles. The second-order valence-corrected chi connectivity index (χ2v) is 9.33. The van der Waals surface area contributed by atoms with Gasteiger partial charge < -0.3 is 14.5 Å². The molecule has 8 heteroatoms. The minimum atomic E-state index is -0.246. The van der Waals surface area contributed by atoms with Crippen LogP contribution in [0.2, 0.25) is 0 Å². The molecule has 30 heavy (non-hydrogen) atoms. The number of piperidine rings is 1. The van der Waals surface area contributed by atoms with Crippen molar-refractivity contribution < 1.29 is 14.3 Å². The van der Waals surface area contributed by atoms with Gasteiger partial charge in [-0.25, -0.2) is 4.98 Å². The van der Waals surface area contributed by atoms with Gasteiger partial charge in [-0.3, -0.25) is 14.5 Å². The largest absolute Gasteiger partial charge is 0.378 e. The van der Waals surface area contributed by atoms with Crippen LogP contribution in [0.15, 0.2) is 24.3 Å². The molecular formula is C22H30N4O3S. The zero-order valence-corrected chi connectivity index (χ0v) is 18.6. The monoisotopic (exact) mass is 430 g/mol. The Morgan fingerprint density at radius 2 is 2.03 bits per heavy atom. The number of morpholine rings is 1. The number of para-hydroxylation sites is 1. The van der Waals surface area contributed by atoms with E-state index in [2.05, 4.69) is 16.0 Å². The van der Waals surface area contributed by atoms with E-state index in [-0.39, 0.29) is 23.8 Å². The van der Waals surface area contributed by atoms with E-state index < -0.39 is 0 Å². The van der Waals surface area contributed by atoms with Crippen LogP contribution in [0.4, 0.5) is 0 Å². The van der Waals surface area contributed by atoms with Crippen LogP contribution >= 0.6 is 11.3 Å². The molecule has 3 heterocycles. The average Bonchev–Trinajstić information content (AvgIpc) is 3.20. The molecule has 0 radical (unpaired) electrons. The molecular weight excluding hydrogens is 400 g/mol. The van der Waals surface area contributed by atoms with Crippen LogP contribution in [0.3, 0.4) is 0 Å². The number of likely N-dealkylation sites (N-methyl/N-ethyl adjacent to an activating group) is 1. The van der Waals surface area contributed by atoms with E-state index >= 15 is 0 Å². The number of carbonyl (C=O) groups is 2. The predicted molar refractivity (Wildman–Crippen MR) is 117 cm³/mol. The molecule has 2 aliphatic rings. The molecule has 0 aliphatic carbocycles. The van der Waals surface area contributed by atoms with Gasteiger partial charge in [0.15, 0.2) is 0 Å². The molecule has 0 bridgehead atoms. The van der Waals surface area contributed by atoms with E-state index in [0.717, 1.165) is 34.6 Å². The summed E-state index contributed by atoms with van der Waals surface area (Å²) in [5, 5.41) is 0.943. The van der Waals surface area contributed by atoms with Crippen molar-refractivity contribution >= 4 is 33.4 Å². The molecule has 2 aliphatic heterocycles. The average molecular weight is 431 g/mol. The number of nitrogens with zero attached hydrogens (tertiary/aromatic N) is 4. The van der Waals surface area contributed by atoms with E-state index in [1.165, 1.54) is 0 Å². The number of carbonyl (C=O) groups excluding carboxylic acids is 2. The predicted octanol–water partition coefficient (Wildman–Crippen LogP) is 2.21. The Hall–Kier alpha value is -2.03. The number of fused-ring (bicyclic) bond motifs is 1. The number of hydrogen-bond donors (Lipinski definition) is 0. The number of likely N-dealkylation sites (tertiary alicyclic amines) is 1. The van der Waals surface area contributed by atoms with Gasteiger partial charge in [-0.05, 0) is 38.4 Å². The molecule has 0 spiro atoms. The lowest BCUT2D eigenvalue weighted by atomic mass is 9.95. The molecule has 2 fully saturated rings. The van der Waals surface area contributed by atoms with Crippen molar-refractivity contribution in [2.45, 2.75) is 32.4 Å². The summed E-state index contributed by atoms with van der Waals surface area (Å²) in [7, 11) is 1.84. The normalized spacial score (nSPS) is 21.5. The first-order valence-electron chi connectivity index (χ1n) is 10.7. The first kappa shape index (κ1) is 21.2. The fourth-order valence-electron chi connectivity index (χ4n) is 4.35. The molecule has 2 saturated heterocycles. The number of rotatable bonds is 5. The molecule has 2 amide bonds. The van der Waals surface area contributed by atoms with E-state index in [1.807, 2.05) is 37.1 Å². The van der Waals surface area contributed by atoms with Gasteiger partial charge in [-0.1, -0.05) is 12.1 Å². The Morgan fingerprint density at radius 1 is 1.27 bits per heavy atom. The summed E-state index contributed by atoms with van der Waals surface area (Å²) >= 11 is 1.63. The first-order valence-corrected chi connectivity index (χ1v) is 11.5. The SMILES string of the molecule is CC(C(=O)N(C)Cc1nc2ccccc2s1)N1CCCC(C(=O)N2CCOCC2)C1. The zero-order chi connectivity index (χ0) is 21.1. The summed E-state index contributed by atoms with van der Waals surface area (Å²) < 4.78 is 6.50. The molecule has 0 N–H and O–H groups in total. The Kier molecular flexibility index (Phi) is 6.65. The third-order valence-corrected chi connectivity index (χ3v) is 7.14. The van der Waals surface area contributed by atoms with Crippen molar-refractivity contribution in [3.05, 3.63) is 29.3 Å². The van der Waals surface area contributed by atoms with Crippen molar-refractivity contribution in [3.8, 4) is 0 Å². The van der Waals surface area contributed by atoms with Crippen molar-refractivity contribution in [3.63, 3.8) is 0 Å². The van der Waals surface area contributed by atoms with Crippen molar-refractivity contribution in [1.82, 2.24) is 19.7 Å². The molecule has 7 nitrogen and oxygen atoms in total. The maximum Gasteiger partial charge on any atom is 0.239 e. The standard InChI is InChI=1S/C22H30N4O3S/c1-16(21(27)24(2)15-20-23-18-7-3-4-8-19(18)30-20)26-9-5-6-17(14-26)22(28)25-10-12-29-13-11-25/h3-4,7-8,16-17H,5-6,9-15H2,1-2H3. The highest BCUT2D eigenvalue weighted by Crippen LogP contribution is 2.24. The summed E-state index contributed by atoms with van der Waals surface area (Å²) in [6, 6.07) is 7.80. The Bertz CT molecular complexity index is 862. The fourth-order valence-corrected chi connectivity index (χ4v) is 5.37. The molecule has 2 unspecified atom stereocenters. The van der Waals surface area contributed by atoms with Crippen LogP contribution in [0.1, 0.15) is 24.8 Å². The Balaban J connectivity index is 1.35. The third-order valence-electron chi connectivity index (χ3n) is 6.12. The van der Waals surface area contributed by atoms with Crippen molar-refractivity contribution in [2.75, 3.05) is 46.4 Å². The number of amides is 2. The van der Waals surface area contributed by atoms with Crippen LogP contribution in [-0.2, 0) is 20.9 Å². The summed E-state index contributed by atoms with van der Waals surface area (Å²) in [5.41, 5.74) is 0.979. The highest BCUT2D eigenvalue weighted by molar-refractivity contribution is 7.18. The van der Waals surface area contributed by atoms with Crippen LogP contribution in [0.5, 0.6) is 0 Å². The number of aromatic nitrogens is 1. The lowest BCUT2D eigenvalue weighted by molar-refractivity contribution is -0.144. The minimum absolute atomic E-state index is 0.0262. The highest BCUT2D eigenvalue weighted by Gasteiger charge is 2.34. The maximum absolute atomic E-state index is 13.1. The summed E-state index contributed by atoms with van der Waals surface area (Å²) in [6.45, 7) is 6.56. The van der Waals surface area contributed by atoms with Gasteiger partial charge >= 0.3 is 0 Å². The summed E-state index contributed by atoms with van der Waals surface area (Å²) in [5.74, 6) is 0.265. The molecule has 4 rings (SSSR count). The van der Waals surface area contributed by atoms with Gasteiger partial charge in [-0.15, -0.1) is 11.3 Å². The zero-order valence-electron chi connectivity index (χ0n) is 17.7. The van der Waals surface area contributed by atoms with E-state index in [0.29, 0.717) is 39.4 Å². The third kappa shape index (κ3) is 4.66. The number of benzene rings is 1. The van der Waals surface area contributed by atoms with Crippen LogP contribution in [-0.4, -0.2) is 84.0 Å². The topological polar surface area (TPSA) is 66.0 Å². The quantitative estimate of drug-likeness (QED) is 0.728. The second kappa shape index (κ2) is 9.41. The van der Waals surface area contributed by atoms with Gasteiger partial charge in [0.1, 0.15) is 5.01 Å². The lowest BCUT2D eigenvalue weighted by Crippen LogP contribution is -2.53. The Morgan fingerprint density at radius 3 is 2.80 bits per heavy atom. The van der Waals surface area contributed by atoms with Gasteiger partial charge in [0.2, 0.25) is 11.8 Å². The van der Waals surface area contributed by atoms with Crippen LogP contribution < -0.4 is 0 Å². The van der Waals surface area contributed by atoms with E-state index in [4.69, 9.17) is 4.74 Å². The van der Waals surface area contributed by atoms with Gasteiger partial charge in [0.05, 0.1) is 41.9 Å². The van der Waals surface area contributed by atoms with Gasteiger partial charge in [0.25, 0.3) is 0 Å². The molecule has 2 atom stereocenters. The fraction of sp³-hybridized carbons (Fsp3) is 0.591. The van der Waals surface area contributed by atoms with Gasteiger partial charge in [-0.2, -0.15) is 0 Å². The van der Waals surface area contributed by atoms with Gasteiger partial charge in [0, 0.05) is 26.7 Å². The number of ether oxygens (including phenoxy) is 1. The van der Waals surface area contributed by atoms with Crippen molar-refractivity contribution in [2.24, 2.45) is 5.92 Å². The summed E-state index contributed by atoms with van der Waals surface area (Å²) in [6.07, 6.45) is 1.84. The highest BCUT2D eigenvalue weighted by atomic mass is 32.1. The minimum Gasteiger partial charge on any atom is -0.378 e. The first-order chi connectivity index (χ1) is 14.5. The molecule has 162 valence electrons. The summed E-state index contributed by atoms with van der Waals surface area (Å²) in [4.78, 5) is 36.5. The van der Waals surface area contributed by atoms with E-state index in [1.54, 1.807) is 16.2 Å². The van der Waals surface area contributed by atoms with E-state index in [9.17, 15) is 9.59 Å². The van der Waals surface area contributed by atoms with Crippen molar-refractivity contribution in [1.29, 1.82) is 0 Å². The second-order valence-electron chi connectivity index (χ2n) is 8.22. The molecule has 2 aromatic rings. The number of thiazole rings is 1. The van der Waals surface area contributed by atoms with Crippen LogP contribution in [0.25, 0.3) is 10.2 Å². The molecule has 1 aromatic heterocycles. The lowest BCUT2D eigenvalue weighted by Gasteiger charge is -2.39.